The van der Waals surface area contributed by atoms with E-state index in [4.69, 9.17) is 4.52 Å². The molecule has 30 heavy (non-hydrogen) atoms. The highest BCUT2D eigenvalue weighted by atomic mass is 16.5. The molecule has 9 nitrogen and oxygen atoms in total. The van der Waals surface area contributed by atoms with E-state index in [0.717, 1.165) is 29.3 Å². The molecule has 0 aliphatic carbocycles. The quantitative estimate of drug-likeness (QED) is 0.470. The molecule has 3 heterocycles. The number of fused-ring (bicyclic) bond motifs is 3. The third kappa shape index (κ3) is 3.70. The van der Waals surface area contributed by atoms with Crippen LogP contribution in [0.15, 0.2) is 33.8 Å². The molecular formula is C21H24N6O3. The van der Waals surface area contributed by atoms with Gasteiger partial charge in [0, 0.05) is 11.9 Å². The lowest BCUT2D eigenvalue weighted by molar-refractivity contribution is -0.121. The number of hydrogen-bond acceptors (Lipinski definition) is 6. The SMILES string of the molecule is CCCCNC(=O)Cn1c2ccc(C)cc2c2ncn(Cc3nc(C)no3)c(=O)c21. The molecule has 9 heteroatoms. The van der Waals surface area contributed by atoms with Crippen molar-refractivity contribution < 1.29 is 9.32 Å². The highest BCUT2D eigenvalue weighted by Crippen LogP contribution is 2.26. The number of nitrogens with zero attached hydrogens (tertiary/aromatic N) is 5. The van der Waals surface area contributed by atoms with Crippen molar-refractivity contribution in [3.8, 4) is 0 Å². The minimum Gasteiger partial charge on any atom is -0.355 e. The van der Waals surface area contributed by atoms with E-state index in [1.807, 2.05) is 25.1 Å². The van der Waals surface area contributed by atoms with Crippen LogP contribution in [0.25, 0.3) is 21.9 Å². The Hall–Kier alpha value is -3.49. The maximum absolute atomic E-state index is 13.3. The molecule has 0 saturated carbocycles. The number of amides is 1. The fraction of sp³-hybridized carbons (Fsp3) is 0.381. The van der Waals surface area contributed by atoms with Gasteiger partial charge in [-0.1, -0.05) is 30.1 Å². The van der Waals surface area contributed by atoms with Gasteiger partial charge < -0.3 is 14.4 Å². The molecule has 0 radical (unpaired) electrons. The van der Waals surface area contributed by atoms with E-state index in [-0.39, 0.29) is 24.6 Å². The van der Waals surface area contributed by atoms with Crippen LogP contribution in [0.3, 0.4) is 0 Å². The van der Waals surface area contributed by atoms with Crippen LogP contribution in [0.5, 0.6) is 0 Å². The minimum atomic E-state index is -0.258. The molecule has 0 atom stereocenters. The highest BCUT2D eigenvalue weighted by Gasteiger charge is 2.19. The molecule has 0 saturated heterocycles. The summed E-state index contributed by atoms with van der Waals surface area (Å²) in [7, 11) is 0. The zero-order valence-corrected chi connectivity index (χ0v) is 17.3. The molecule has 0 spiro atoms. The van der Waals surface area contributed by atoms with E-state index in [1.165, 1.54) is 10.9 Å². The summed E-state index contributed by atoms with van der Waals surface area (Å²) in [4.78, 5) is 34.6. The Morgan fingerprint density at radius 1 is 1.27 bits per heavy atom. The number of carbonyl (C=O) groups excluding carboxylic acids is 1. The Morgan fingerprint density at radius 3 is 2.83 bits per heavy atom. The number of hydrogen-bond donors (Lipinski definition) is 1. The van der Waals surface area contributed by atoms with Gasteiger partial charge in [-0.15, -0.1) is 0 Å². The van der Waals surface area contributed by atoms with Crippen molar-refractivity contribution in [3.05, 3.63) is 52.2 Å². The average Bonchev–Trinajstić information content (AvgIpc) is 3.25. The van der Waals surface area contributed by atoms with Crippen LogP contribution >= 0.6 is 0 Å². The Balaban J connectivity index is 1.82. The molecule has 0 aliphatic heterocycles. The van der Waals surface area contributed by atoms with Gasteiger partial charge in [0.2, 0.25) is 11.8 Å². The van der Waals surface area contributed by atoms with Gasteiger partial charge in [0.25, 0.3) is 5.56 Å². The molecule has 0 bridgehead atoms. The van der Waals surface area contributed by atoms with Crippen LogP contribution in [0.4, 0.5) is 0 Å². The van der Waals surface area contributed by atoms with E-state index in [9.17, 15) is 9.59 Å². The smallest absolute Gasteiger partial charge is 0.278 e. The Labute approximate surface area is 172 Å². The number of benzene rings is 1. The molecule has 0 aliphatic rings. The largest absolute Gasteiger partial charge is 0.355 e. The lowest BCUT2D eigenvalue weighted by Crippen LogP contribution is -2.30. The number of rotatable bonds is 7. The molecule has 3 aromatic heterocycles. The molecular weight excluding hydrogens is 384 g/mol. The zero-order chi connectivity index (χ0) is 21.3. The lowest BCUT2D eigenvalue weighted by Gasteiger charge is -2.09. The fourth-order valence-corrected chi connectivity index (χ4v) is 3.55. The second-order valence-corrected chi connectivity index (χ2v) is 7.42. The number of carbonyl (C=O) groups is 1. The van der Waals surface area contributed by atoms with Gasteiger partial charge in [0.05, 0.1) is 11.8 Å². The zero-order valence-electron chi connectivity index (χ0n) is 17.3. The summed E-state index contributed by atoms with van der Waals surface area (Å²) in [5.41, 5.74) is 2.57. The predicted molar refractivity (Wildman–Crippen MR) is 112 cm³/mol. The van der Waals surface area contributed by atoms with E-state index in [2.05, 4.69) is 27.4 Å². The third-order valence-electron chi connectivity index (χ3n) is 5.01. The van der Waals surface area contributed by atoms with Gasteiger partial charge in [0.15, 0.2) is 5.82 Å². The molecule has 4 aromatic rings. The third-order valence-corrected chi connectivity index (χ3v) is 5.01. The Morgan fingerprint density at radius 2 is 2.10 bits per heavy atom. The normalized spacial score (nSPS) is 11.4. The van der Waals surface area contributed by atoms with Gasteiger partial charge in [-0.25, -0.2) is 4.98 Å². The lowest BCUT2D eigenvalue weighted by atomic mass is 10.1. The maximum Gasteiger partial charge on any atom is 0.278 e. The van der Waals surface area contributed by atoms with E-state index in [0.29, 0.717) is 29.3 Å². The second-order valence-electron chi connectivity index (χ2n) is 7.42. The van der Waals surface area contributed by atoms with Gasteiger partial charge in [-0.3, -0.25) is 14.2 Å². The maximum atomic E-state index is 13.3. The van der Waals surface area contributed by atoms with Crippen molar-refractivity contribution in [2.45, 2.75) is 46.7 Å². The molecule has 1 aromatic carbocycles. The average molecular weight is 408 g/mol. The summed E-state index contributed by atoms with van der Waals surface area (Å²) < 4.78 is 8.31. The second kappa shape index (κ2) is 8.10. The highest BCUT2D eigenvalue weighted by molar-refractivity contribution is 6.06. The first kappa shape index (κ1) is 19.8. The predicted octanol–water partition coefficient (Wildman–Crippen LogP) is 2.32. The van der Waals surface area contributed by atoms with Crippen molar-refractivity contribution in [1.29, 1.82) is 0 Å². The van der Waals surface area contributed by atoms with Crippen molar-refractivity contribution in [1.82, 2.24) is 29.6 Å². The summed E-state index contributed by atoms with van der Waals surface area (Å²) in [5.74, 6) is 0.692. The van der Waals surface area contributed by atoms with Gasteiger partial charge in [-0.05, 0) is 32.4 Å². The molecule has 0 fully saturated rings. The summed E-state index contributed by atoms with van der Waals surface area (Å²) in [6.07, 6.45) is 3.40. The van der Waals surface area contributed by atoms with E-state index in [1.54, 1.807) is 11.5 Å². The standard InChI is InChI=1S/C21H24N6O3/c1-4-5-8-22-17(28)10-27-16-7-6-13(2)9-15(16)19-20(27)21(29)26(12-23-19)11-18-24-14(3)25-30-18/h6-7,9,12H,4-5,8,10-11H2,1-3H3,(H,22,28). The number of aromatic nitrogens is 5. The van der Waals surface area contributed by atoms with Gasteiger partial charge >= 0.3 is 0 Å². The van der Waals surface area contributed by atoms with Crippen LogP contribution < -0.4 is 10.9 Å². The summed E-state index contributed by atoms with van der Waals surface area (Å²) in [5, 5.41) is 7.53. The van der Waals surface area contributed by atoms with Crippen molar-refractivity contribution in [3.63, 3.8) is 0 Å². The van der Waals surface area contributed by atoms with Crippen LogP contribution in [0, 0.1) is 13.8 Å². The van der Waals surface area contributed by atoms with Crippen molar-refractivity contribution in [2.75, 3.05) is 6.54 Å². The first-order valence-electron chi connectivity index (χ1n) is 10.0. The van der Waals surface area contributed by atoms with Crippen molar-refractivity contribution >= 4 is 27.8 Å². The monoisotopic (exact) mass is 408 g/mol. The Kier molecular flexibility index (Phi) is 5.35. The molecule has 1 N–H and O–H groups in total. The van der Waals surface area contributed by atoms with E-state index >= 15 is 0 Å². The van der Waals surface area contributed by atoms with Crippen LogP contribution in [0.1, 0.15) is 37.0 Å². The molecule has 4 rings (SSSR count). The van der Waals surface area contributed by atoms with Gasteiger partial charge in [-0.2, -0.15) is 4.98 Å². The molecule has 1 amide bonds. The summed E-state index contributed by atoms with van der Waals surface area (Å²) >= 11 is 0. The fourth-order valence-electron chi connectivity index (χ4n) is 3.55. The first-order valence-corrected chi connectivity index (χ1v) is 10.0. The van der Waals surface area contributed by atoms with Crippen LogP contribution in [0.2, 0.25) is 0 Å². The van der Waals surface area contributed by atoms with Crippen LogP contribution in [-0.4, -0.2) is 36.7 Å². The topological polar surface area (TPSA) is 108 Å². The Bertz CT molecular complexity index is 1280. The van der Waals surface area contributed by atoms with E-state index < -0.39 is 0 Å². The molecule has 156 valence electrons. The summed E-state index contributed by atoms with van der Waals surface area (Å²) in [6.45, 7) is 6.55. The van der Waals surface area contributed by atoms with Crippen LogP contribution in [-0.2, 0) is 17.9 Å². The minimum absolute atomic E-state index is 0.0490. The summed E-state index contributed by atoms with van der Waals surface area (Å²) in [6, 6.07) is 5.88. The van der Waals surface area contributed by atoms with Gasteiger partial charge in [0.1, 0.15) is 24.1 Å². The van der Waals surface area contributed by atoms with Crippen molar-refractivity contribution in [2.24, 2.45) is 0 Å². The first-order chi connectivity index (χ1) is 14.5. The number of aryl methyl sites for hydroxylation is 2. The number of unbranched alkanes of at least 4 members (excludes halogenated alkanes) is 1. The molecule has 0 unspecified atom stereocenters. The number of nitrogens with one attached hydrogen (secondary N) is 1.